The summed E-state index contributed by atoms with van der Waals surface area (Å²) in [6.45, 7) is 10.3. The monoisotopic (exact) mass is 776 g/mol. The number of aryl methyl sites for hydroxylation is 1. The molecule has 1 atom stereocenters. The van der Waals surface area contributed by atoms with Crippen molar-refractivity contribution in [2.45, 2.75) is 83.9 Å². The van der Waals surface area contributed by atoms with Crippen molar-refractivity contribution in [1.82, 2.24) is 15.1 Å². The molecule has 1 spiro atoms. The number of carbonyl (C=O) groups is 4. The van der Waals surface area contributed by atoms with Crippen LogP contribution in [0.4, 0.5) is 21.9 Å². The fourth-order valence-electron chi connectivity index (χ4n) is 9.76. The molecular weight excluding hydrogens is 721 g/mol. The van der Waals surface area contributed by atoms with Gasteiger partial charge in [0, 0.05) is 68.7 Å². The smallest absolute Gasteiger partial charge is 0.412 e. The standard InChI is InChI=1S/C45H56N6O6/c1-3-33-26-37(46-44(55)57-30-32-7-5-4-6-8-32)40(56-2)27-39(33)50-19-13-31(14-20-50)28-48-21-15-45(16-22-48)17-23-49(24-18-45)35-9-10-36-34(25-35)29-51(43(36)54)38-11-12-41(52)47-42(38)53/h4-10,25-27,31,38H,3,11-24,28-30H2,1-2H3,(H,46,55)(H,47,52,53). The van der Waals surface area contributed by atoms with Gasteiger partial charge in [-0.15, -0.1) is 0 Å². The number of imide groups is 1. The number of nitrogens with one attached hydrogen (secondary N) is 2. The number of carbonyl (C=O) groups excluding carboxylic acids is 4. The van der Waals surface area contributed by atoms with Crippen molar-refractivity contribution in [3.63, 3.8) is 0 Å². The molecule has 0 bridgehead atoms. The van der Waals surface area contributed by atoms with E-state index in [0.29, 0.717) is 41.3 Å². The quantitative estimate of drug-likeness (QED) is 0.226. The van der Waals surface area contributed by atoms with Crippen LogP contribution in [0, 0.1) is 11.3 Å². The summed E-state index contributed by atoms with van der Waals surface area (Å²) in [5.41, 5.74) is 7.13. The second kappa shape index (κ2) is 16.8. The van der Waals surface area contributed by atoms with Crippen LogP contribution in [-0.2, 0) is 33.9 Å². The maximum atomic E-state index is 13.2. The molecule has 4 fully saturated rings. The fraction of sp³-hybridized carbons (Fsp3) is 0.511. The van der Waals surface area contributed by atoms with Crippen LogP contribution in [0.25, 0.3) is 0 Å². The summed E-state index contributed by atoms with van der Waals surface area (Å²) >= 11 is 0. The first kappa shape index (κ1) is 38.8. The topological polar surface area (TPSA) is 124 Å². The van der Waals surface area contributed by atoms with Gasteiger partial charge in [-0.25, -0.2) is 4.79 Å². The number of piperidine rings is 4. The summed E-state index contributed by atoms with van der Waals surface area (Å²) in [6, 6.07) is 19.3. The lowest BCUT2D eigenvalue weighted by Gasteiger charge is -2.48. The summed E-state index contributed by atoms with van der Waals surface area (Å²) in [6.07, 6.45) is 8.17. The molecule has 4 amide bonds. The number of rotatable bonds is 10. The highest BCUT2D eigenvalue weighted by molar-refractivity contribution is 6.05. The maximum Gasteiger partial charge on any atom is 0.412 e. The lowest BCUT2D eigenvalue weighted by Crippen LogP contribution is -2.52. The fourth-order valence-corrected chi connectivity index (χ4v) is 9.76. The molecule has 3 aromatic carbocycles. The minimum absolute atomic E-state index is 0.119. The Morgan fingerprint density at radius 1 is 0.877 bits per heavy atom. The zero-order valence-corrected chi connectivity index (χ0v) is 33.4. The molecule has 57 heavy (non-hydrogen) atoms. The van der Waals surface area contributed by atoms with Crippen molar-refractivity contribution in [3.05, 3.63) is 82.9 Å². The molecule has 5 aliphatic heterocycles. The van der Waals surface area contributed by atoms with Crippen molar-refractivity contribution < 1.29 is 28.7 Å². The molecule has 8 rings (SSSR count). The van der Waals surface area contributed by atoms with Gasteiger partial charge >= 0.3 is 6.09 Å². The number of ether oxygens (including phenoxy) is 2. The molecule has 1 unspecified atom stereocenters. The van der Waals surface area contributed by atoms with E-state index in [-0.39, 0.29) is 30.7 Å². The third-order valence-corrected chi connectivity index (χ3v) is 13.3. The van der Waals surface area contributed by atoms with Crippen molar-refractivity contribution in [2.24, 2.45) is 11.3 Å². The van der Waals surface area contributed by atoms with E-state index in [1.165, 1.54) is 36.9 Å². The first-order valence-electron chi connectivity index (χ1n) is 20.9. The van der Waals surface area contributed by atoms with Gasteiger partial charge in [0.15, 0.2) is 0 Å². The van der Waals surface area contributed by atoms with E-state index in [9.17, 15) is 19.2 Å². The summed E-state index contributed by atoms with van der Waals surface area (Å²) in [5.74, 6) is 0.563. The number of benzene rings is 3. The molecular formula is C45H56N6O6. The molecule has 0 aromatic heterocycles. The normalized spacial score (nSPS) is 21.4. The average Bonchev–Trinajstić information content (AvgIpc) is 3.56. The highest BCUT2D eigenvalue weighted by Gasteiger charge is 2.41. The molecule has 0 saturated carbocycles. The Hall–Kier alpha value is -5.10. The molecule has 4 saturated heterocycles. The lowest BCUT2D eigenvalue weighted by atomic mass is 9.71. The Bertz CT molecular complexity index is 1960. The minimum atomic E-state index is -0.587. The highest BCUT2D eigenvalue weighted by atomic mass is 16.5. The number of anilines is 3. The van der Waals surface area contributed by atoms with Crippen LogP contribution >= 0.6 is 0 Å². The van der Waals surface area contributed by atoms with Gasteiger partial charge in [0.2, 0.25) is 11.8 Å². The van der Waals surface area contributed by atoms with Gasteiger partial charge in [0.1, 0.15) is 18.4 Å². The number of fused-ring (bicyclic) bond motifs is 1. The van der Waals surface area contributed by atoms with Crippen LogP contribution in [0.1, 0.15) is 85.3 Å². The van der Waals surface area contributed by atoms with Crippen LogP contribution in [0.15, 0.2) is 60.7 Å². The number of amides is 4. The van der Waals surface area contributed by atoms with Crippen LogP contribution in [0.5, 0.6) is 5.75 Å². The third-order valence-electron chi connectivity index (χ3n) is 13.3. The molecule has 5 aliphatic rings. The molecule has 5 heterocycles. The Morgan fingerprint density at radius 2 is 1.61 bits per heavy atom. The van der Waals surface area contributed by atoms with E-state index in [2.05, 4.69) is 50.5 Å². The van der Waals surface area contributed by atoms with Gasteiger partial charge in [0.05, 0.1) is 12.8 Å². The molecule has 12 nitrogen and oxygen atoms in total. The molecule has 302 valence electrons. The largest absolute Gasteiger partial charge is 0.494 e. The van der Waals surface area contributed by atoms with Crippen molar-refractivity contribution in [3.8, 4) is 5.75 Å². The Morgan fingerprint density at radius 3 is 2.32 bits per heavy atom. The third kappa shape index (κ3) is 8.47. The number of hydrogen-bond donors (Lipinski definition) is 2. The zero-order chi connectivity index (χ0) is 39.5. The van der Waals surface area contributed by atoms with Gasteiger partial charge in [0.25, 0.3) is 5.91 Å². The Kier molecular flexibility index (Phi) is 11.4. The lowest BCUT2D eigenvalue weighted by molar-refractivity contribution is -0.136. The van der Waals surface area contributed by atoms with Crippen LogP contribution < -0.4 is 25.2 Å². The molecule has 3 aromatic rings. The van der Waals surface area contributed by atoms with Gasteiger partial charge < -0.3 is 29.1 Å². The van der Waals surface area contributed by atoms with Crippen molar-refractivity contribution >= 4 is 40.9 Å². The van der Waals surface area contributed by atoms with E-state index in [1.807, 2.05) is 42.5 Å². The van der Waals surface area contributed by atoms with E-state index in [1.54, 1.807) is 12.0 Å². The van der Waals surface area contributed by atoms with Gasteiger partial charge in [-0.1, -0.05) is 37.3 Å². The predicted octanol–water partition coefficient (Wildman–Crippen LogP) is 6.37. The first-order valence-corrected chi connectivity index (χ1v) is 20.9. The summed E-state index contributed by atoms with van der Waals surface area (Å²) in [4.78, 5) is 59.3. The van der Waals surface area contributed by atoms with E-state index in [4.69, 9.17) is 9.47 Å². The molecule has 12 heteroatoms. The summed E-state index contributed by atoms with van der Waals surface area (Å²) < 4.78 is 11.2. The number of likely N-dealkylation sites (tertiary alicyclic amines) is 1. The summed E-state index contributed by atoms with van der Waals surface area (Å²) in [7, 11) is 1.64. The zero-order valence-electron chi connectivity index (χ0n) is 33.4. The van der Waals surface area contributed by atoms with E-state index < -0.39 is 12.1 Å². The Labute approximate surface area is 335 Å². The van der Waals surface area contributed by atoms with Gasteiger partial charge in [-0.3, -0.25) is 25.0 Å². The predicted molar refractivity (Wildman–Crippen MR) is 220 cm³/mol. The highest BCUT2D eigenvalue weighted by Crippen LogP contribution is 2.43. The minimum Gasteiger partial charge on any atom is -0.494 e. The van der Waals surface area contributed by atoms with Crippen molar-refractivity contribution in [2.75, 3.05) is 68.0 Å². The second-order valence-corrected chi connectivity index (χ2v) is 16.7. The van der Waals surface area contributed by atoms with Gasteiger partial charge in [-0.2, -0.15) is 0 Å². The average molecular weight is 777 g/mol. The van der Waals surface area contributed by atoms with E-state index in [0.717, 1.165) is 81.9 Å². The van der Waals surface area contributed by atoms with Crippen LogP contribution in [-0.4, -0.2) is 92.6 Å². The number of methoxy groups -OCH3 is 1. The first-order chi connectivity index (χ1) is 27.7. The van der Waals surface area contributed by atoms with Crippen molar-refractivity contribution in [1.29, 1.82) is 0 Å². The van der Waals surface area contributed by atoms with Gasteiger partial charge in [-0.05, 0) is 117 Å². The molecule has 2 N–H and O–H groups in total. The Balaban J connectivity index is 0.789. The SMILES string of the molecule is CCc1cc(NC(=O)OCc2ccccc2)c(OC)cc1N1CCC(CN2CCC3(CC2)CCN(c2ccc4c(c2)CN(C2CCC(=O)NC2=O)C4=O)CC3)CC1. The second-order valence-electron chi connectivity index (χ2n) is 16.7. The molecule has 0 radical (unpaired) electrons. The summed E-state index contributed by atoms with van der Waals surface area (Å²) in [5, 5.41) is 5.29. The number of nitrogens with zero attached hydrogens (tertiary/aromatic N) is 4. The maximum absolute atomic E-state index is 13.2. The van der Waals surface area contributed by atoms with E-state index >= 15 is 0 Å². The number of hydrogen-bond acceptors (Lipinski definition) is 9. The van der Waals surface area contributed by atoms with Crippen LogP contribution in [0.2, 0.25) is 0 Å². The molecule has 0 aliphatic carbocycles. The van der Waals surface area contributed by atoms with Crippen LogP contribution in [0.3, 0.4) is 0 Å².